The Labute approximate surface area is 229 Å². The van der Waals surface area contributed by atoms with Crippen molar-refractivity contribution in [2.24, 2.45) is 0 Å². The van der Waals surface area contributed by atoms with Gasteiger partial charge in [0.05, 0.1) is 24.1 Å². The Hall–Kier alpha value is -2.61. The zero-order valence-corrected chi connectivity index (χ0v) is 23.5. The number of ether oxygens (including phenoxy) is 1. The lowest BCUT2D eigenvalue weighted by Crippen LogP contribution is -2.36. The second-order valence-corrected chi connectivity index (χ2v) is 11.8. The normalized spacial score (nSPS) is 17.5. The van der Waals surface area contributed by atoms with Crippen molar-refractivity contribution >= 4 is 47.9 Å². The molecule has 1 aliphatic heterocycles. The van der Waals surface area contributed by atoms with Crippen LogP contribution in [-0.4, -0.2) is 37.1 Å². The number of fused-ring (bicyclic) bond motifs is 1. The zero-order valence-electron chi connectivity index (χ0n) is 19.5. The van der Waals surface area contributed by atoms with Crippen LogP contribution in [0.5, 0.6) is 5.75 Å². The molecule has 2 heterocycles. The summed E-state index contributed by atoms with van der Waals surface area (Å²) in [6.45, 7) is 2.22. The Morgan fingerprint density at radius 3 is 2.51 bits per heavy atom. The van der Waals surface area contributed by atoms with E-state index in [9.17, 15) is 22.4 Å². The minimum Gasteiger partial charge on any atom is -0.378 e. The topological polar surface area (TPSA) is 117 Å². The van der Waals surface area contributed by atoms with Crippen molar-refractivity contribution in [2.45, 2.75) is 35.7 Å². The molecule has 9 nitrogen and oxygen atoms in total. The van der Waals surface area contributed by atoms with E-state index in [-0.39, 0.29) is 30.5 Å². The van der Waals surface area contributed by atoms with Gasteiger partial charge in [0.1, 0.15) is 16.5 Å². The van der Waals surface area contributed by atoms with Gasteiger partial charge in [-0.2, -0.15) is 8.42 Å². The number of aromatic nitrogens is 2. The van der Waals surface area contributed by atoms with Crippen molar-refractivity contribution in [1.29, 1.82) is 0 Å². The van der Waals surface area contributed by atoms with E-state index in [0.717, 1.165) is 0 Å². The highest BCUT2D eigenvalue weighted by Gasteiger charge is 2.33. The summed E-state index contributed by atoms with van der Waals surface area (Å²) in [7, 11) is -4.49. The SMILES string of the molecule is CC[C@H]1COCC(Br)c2nc(C(=O)NCc3ccc(F)cc3)c(OS(=O)(=O)c3ccc(Br)cc3)c(=O)n21. The highest BCUT2D eigenvalue weighted by atomic mass is 79.9. The predicted octanol–water partition coefficient (Wildman–Crippen LogP) is 4.26. The lowest BCUT2D eigenvalue weighted by Gasteiger charge is -2.21. The molecule has 0 spiro atoms. The first-order valence-electron chi connectivity index (χ1n) is 11.2. The van der Waals surface area contributed by atoms with Gasteiger partial charge in [-0.05, 0) is 48.4 Å². The number of carbonyl (C=O) groups is 1. The molecule has 2 aromatic carbocycles. The van der Waals surface area contributed by atoms with Crippen LogP contribution >= 0.6 is 31.9 Å². The number of halogens is 3. The van der Waals surface area contributed by atoms with E-state index < -0.39 is 49.7 Å². The Kier molecular flexibility index (Phi) is 8.46. The van der Waals surface area contributed by atoms with Crippen LogP contribution in [0.15, 0.2) is 62.7 Å². The molecular weight excluding hydrogens is 637 g/mol. The first-order chi connectivity index (χ1) is 17.6. The van der Waals surface area contributed by atoms with Gasteiger partial charge < -0.3 is 14.2 Å². The van der Waals surface area contributed by atoms with Crippen LogP contribution < -0.4 is 15.1 Å². The Balaban J connectivity index is 1.80. The van der Waals surface area contributed by atoms with Crippen molar-refractivity contribution in [3.8, 4) is 5.75 Å². The third-order valence-electron chi connectivity index (χ3n) is 5.67. The molecule has 1 unspecified atom stereocenters. The number of rotatable bonds is 7. The molecule has 37 heavy (non-hydrogen) atoms. The number of nitrogens with one attached hydrogen (secondary N) is 1. The van der Waals surface area contributed by atoms with E-state index in [1.54, 1.807) is 0 Å². The van der Waals surface area contributed by atoms with Gasteiger partial charge in [0.2, 0.25) is 5.75 Å². The summed E-state index contributed by atoms with van der Waals surface area (Å²) in [5.74, 6) is -1.76. The van der Waals surface area contributed by atoms with Crippen molar-refractivity contribution in [1.82, 2.24) is 14.9 Å². The van der Waals surface area contributed by atoms with E-state index in [0.29, 0.717) is 16.5 Å². The summed E-state index contributed by atoms with van der Waals surface area (Å²) in [6.07, 6.45) is 0.489. The molecule has 13 heteroatoms. The second kappa shape index (κ2) is 11.4. The third kappa shape index (κ3) is 6.11. The number of carbonyl (C=O) groups excluding carboxylic acids is 1. The van der Waals surface area contributed by atoms with Crippen LogP contribution in [0.1, 0.15) is 46.1 Å². The predicted molar refractivity (Wildman–Crippen MR) is 140 cm³/mol. The number of amides is 1. The Morgan fingerprint density at radius 1 is 1.19 bits per heavy atom. The Morgan fingerprint density at radius 2 is 1.86 bits per heavy atom. The van der Waals surface area contributed by atoms with Crippen molar-refractivity contribution < 1.29 is 26.5 Å². The van der Waals surface area contributed by atoms with Crippen molar-refractivity contribution in [2.75, 3.05) is 13.2 Å². The molecule has 1 N–H and O–H groups in total. The molecule has 4 rings (SSSR count). The van der Waals surface area contributed by atoms with Gasteiger partial charge in [-0.3, -0.25) is 14.2 Å². The summed E-state index contributed by atoms with van der Waals surface area (Å²) < 4.78 is 52.3. The van der Waals surface area contributed by atoms with Crippen molar-refractivity contribution in [3.05, 3.63) is 86.3 Å². The number of hydrogen-bond donors (Lipinski definition) is 1. The summed E-state index contributed by atoms with van der Waals surface area (Å²) in [5.41, 5.74) is -0.719. The number of benzene rings is 2. The van der Waals surface area contributed by atoms with Crippen LogP contribution in [0.2, 0.25) is 0 Å². The maximum absolute atomic E-state index is 13.7. The fourth-order valence-electron chi connectivity index (χ4n) is 3.72. The monoisotopic (exact) mass is 657 g/mol. The molecule has 0 radical (unpaired) electrons. The standard InChI is InChI=1S/C24H22Br2FN3O6S/c1-2-17-12-35-13-19(26)22-29-20(23(31)28-11-14-3-7-16(27)8-4-14)21(24(32)30(17)22)36-37(33,34)18-9-5-15(25)6-10-18/h3-10,17,19H,2,11-13H2,1H3,(H,28,31)/t17-,19?/m0/s1. The number of alkyl halides is 1. The zero-order chi connectivity index (χ0) is 26.7. The van der Waals surface area contributed by atoms with Crippen LogP contribution in [0.3, 0.4) is 0 Å². The van der Waals surface area contributed by atoms with E-state index in [2.05, 4.69) is 42.2 Å². The average molecular weight is 659 g/mol. The largest absolute Gasteiger partial charge is 0.378 e. The highest BCUT2D eigenvalue weighted by Crippen LogP contribution is 2.30. The van der Waals surface area contributed by atoms with E-state index in [4.69, 9.17) is 8.92 Å². The van der Waals surface area contributed by atoms with Gasteiger partial charge in [0.15, 0.2) is 5.69 Å². The average Bonchev–Trinajstić information content (AvgIpc) is 3.03. The molecule has 3 aromatic rings. The van der Waals surface area contributed by atoms with Gasteiger partial charge in [-0.15, -0.1) is 0 Å². The fraction of sp³-hybridized carbons (Fsp3) is 0.292. The van der Waals surface area contributed by atoms with Crippen LogP contribution in [0.25, 0.3) is 0 Å². The van der Waals surface area contributed by atoms with E-state index >= 15 is 0 Å². The first kappa shape index (κ1) is 27.4. The van der Waals surface area contributed by atoms with Gasteiger partial charge in [-0.25, -0.2) is 9.37 Å². The number of nitrogens with zero attached hydrogens (tertiary/aromatic N) is 2. The maximum Gasteiger partial charge on any atom is 0.339 e. The summed E-state index contributed by atoms with van der Waals surface area (Å²) in [6, 6.07) is 10.6. The molecule has 2 atom stereocenters. The summed E-state index contributed by atoms with van der Waals surface area (Å²) in [4.78, 5) is 30.6. The molecule has 0 bridgehead atoms. The van der Waals surface area contributed by atoms with Gasteiger partial charge >= 0.3 is 10.1 Å². The Bertz CT molecular complexity index is 1460. The highest BCUT2D eigenvalue weighted by molar-refractivity contribution is 9.10. The van der Waals surface area contributed by atoms with Crippen LogP contribution in [0.4, 0.5) is 4.39 Å². The minimum absolute atomic E-state index is 0.0173. The number of hydrogen-bond acceptors (Lipinski definition) is 7. The second-order valence-electron chi connectivity index (χ2n) is 8.19. The molecule has 0 saturated carbocycles. The molecule has 0 saturated heterocycles. The minimum atomic E-state index is -4.49. The van der Waals surface area contributed by atoms with Gasteiger partial charge in [-0.1, -0.05) is 50.9 Å². The first-order valence-corrected chi connectivity index (χ1v) is 14.3. The smallest absolute Gasteiger partial charge is 0.339 e. The molecule has 1 aliphatic rings. The molecule has 0 aliphatic carbocycles. The fourth-order valence-corrected chi connectivity index (χ4v) is 5.43. The van der Waals surface area contributed by atoms with Crippen LogP contribution in [-0.2, 0) is 21.4 Å². The molecule has 196 valence electrons. The summed E-state index contributed by atoms with van der Waals surface area (Å²) >= 11 is 6.69. The molecule has 0 fully saturated rings. The van der Waals surface area contributed by atoms with Gasteiger partial charge in [0, 0.05) is 11.0 Å². The summed E-state index contributed by atoms with van der Waals surface area (Å²) in [5, 5.41) is 2.60. The third-order valence-corrected chi connectivity index (χ3v) is 8.11. The van der Waals surface area contributed by atoms with Crippen LogP contribution in [0, 0.1) is 5.82 Å². The van der Waals surface area contributed by atoms with Crippen molar-refractivity contribution in [3.63, 3.8) is 0 Å². The van der Waals surface area contributed by atoms with E-state index in [1.165, 1.54) is 53.1 Å². The van der Waals surface area contributed by atoms with Gasteiger partial charge in [0.25, 0.3) is 11.5 Å². The molecule has 1 amide bonds. The quantitative estimate of drug-likeness (QED) is 0.298. The van der Waals surface area contributed by atoms with E-state index in [1.807, 2.05) is 6.92 Å². The lowest BCUT2D eigenvalue weighted by atomic mass is 10.2. The molecule has 1 aromatic heterocycles. The molecular formula is C24H22Br2FN3O6S. The maximum atomic E-state index is 13.7. The lowest BCUT2D eigenvalue weighted by molar-refractivity contribution is 0.0943.